The van der Waals surface area contributed by atoms with E-state index >= 15 is 0 Å². The molecule has 4 heteroatoms. The number of benzene rings is 1. The minimum Gasteiger partial charge on any atom is -0.296 e. The molecule has 0 atom stereocenters. The lowest BCUT2D eigenvalue weighted by Crippen LogP contribution is -2.23. The molecule has 1 aromatic carbocycles. The Labute approximate surface area is 85.4 Å². The normalized spacial score (nSPS) is 11.3. The van der Waals surface area contributed by atoms with Crippen molar-refractivity contribution in [2.24, 2.45) is 7.05 Å². The summed E-state index contributed by atoms with van der Waals surface area (Å²) in [6, 6.07) is 7.76. The Hall–Kier alpha value is -2.10. The highest BCUT2D eigenvalue weighted by Crippen LogP contribution is 2.15. The van der Waals surface area contributed by atoms with Gasteiger partial charge in [-0.15, -0.1) is 0 Å². The quantitative estimate of drug-likeness (QED) is 0.545. The monoisotopic (exact) mass is 199 g/mol. The summed E-state index contributed by atoms with van der Waals surface area (Å²) in [4.78, 5) is 16.1. The highest BCUT2D eigenvalue weighted by Gasteiger charge is 2.07. The Morgan fingerprint density at radius 1 is 1.27 bits per heavy atom. The summed E-state index contributed by atoms with van der Waals surface area (Å²) in [5, 5.41) is 0.990. The first-order valence-electron chi connectivity index (χ1n) is 4.70. The van der Waals surface area contributed by atoms with Gasteiger partial charge in [0.2, 0.25) is 0 Å². The molecule has 0 radical (unpaired) electrons. The molecule has 2 heterocycles. The van der Waals surface area contributed by atoms with Gasteiger partial charge in [0.25, 0.3) is 0 Å². The van der Waals surface area contributed by atoms with E-state index in [0.717, 1.165) is 10.9 Å². The molecule has 0 amide bonds. The van der Waals surface area contributed by atoms with Crippen molar-refractivity contribution in [3.63, 3.8) is 0 Å². The lowest BCUT2D eigenvalue weighted by atomic mass is 10.2. The summed E-state index contributed by atoms with van der Waals surface area (Å²) in [6.07, 6.45) is 3.33. The molecule has 0 saturated heterocycles. The lowest BCUT2D eigenvalue weighted by molar-refractivity contribution is 0.827. The summed E-state index contributed by atoms with van der Waals surface area (Å²) < 4.78 is 3.19. The van der Waals surface area contributed by atoms with Crippen LogP contribution in [-0.2, 0) is 7.05 Å². The van der Waals surface area contributed by atoms with Crippen LogP contribution in [0.25, 0.3) is 16.6 Å². The maximum absolute atomic E-state index is 11.9. The minimum absolute atomic E-state index is 0.0683. The molecule has 15 heavy (non-hydrogen) atoms. The third kappa shape index (κ3) is 0.958. The van der Waals surface area contributed by atoms with Crippen LogP contribution in [0.15, 0.2) is 41.5 Å². The van der Waals surface area contributed by atoms with Crippen LogP contribution in [0.3, 0.4) is 0 Å². The molecule has 0 bridgehead atoms. The molecule has 0 aliphatic rings. The van der Waals surface area contributed by atoms with Gasteiger partial charge in [-0.05, 0) is 12.1 Å². The van der Waals surface area contributed by atoms with Crippen molar-refractivity contribution in [1.82, 2.24) is 14.0 Å². The molecule has 0 unspecified atom stereocenters. The van der Waals surface area contributed by atoms with E-state index in [2.05, 4.69) is 4.98 Å². The van der Waals surface area contributed by atoms with Gasteiger partial charge in [0.1, 0.15) is 5.65 Å². The van der Waals surface area contributed by atoms with Gasteiger partial charge >= 0.3 is 5.69 Å². The van der Waals surface area contributed by atoms with Gasteiger partial charge in [0.05, 0.1) is 5.52 Å². The lowest BCUT2D eigenvalue weighted by Gasteiger charge is -2.05. The van der Waals surface area contributed by atoms with Crippen molar-refractivity contribution in [2.75, 3.05) is 0 Å². The second-order valence-corrected chi connectivity index (χ2v) is 3.48. The van der Waals surface area contributed by atoms with Gasteiger partial charge < -0.3 is 0 Å². The Bertz CT molecular complexity index is 708. The summed E-state index contributed by atoms with van der Waals surface area (Å²) in [5.74, 6) is 0. The molecule has 4 nitrogen and oxygen atoms in total. The Morgan fingerprint density at radius 2 is 2.07 bits per heavy atom. The van der Waals surface area contributed by atoms with E-state index in [4.69, 9.17) is 0 Å². The number of nitrogens with zero attached hydrogens (tertiary/aromatic N) is 3. The van der Waals surface area contributed by atoms with Crippen LogP contribution in [0.5, 0.6) is 0 Å². The zero-order chi connectivity index (χ0) is 10.4. The first-order chi connectivity index (χ1) is 7.29. The fraction of sp³-hybridized carbons (Fsp3) is 0.0909. The molecule has 0 fully saturated rings. The van der Waals surface area contributed by atoms with Gasteiger partial charge in [0.15, 0.2) is 0 Å². The highest BCUT2D eigenvalue weighted by atomic mass is 16.1. The van der Waals surface area contributed by atoms with Crippen LogP contribution in [-0.4, -0.2) is 14.0 Å². The maximum atomic E-state index is 11.9. The van der Waals surface area contributed by atoms with Crippen LogP contribution < -0.4 is 5.69 Å². The number of aromatic nitrogens is 3. The molecule has 74 valence electrons. The number of para-hydroxylation sites is 1. The van der Waals surface area contributed by atoms with Crippen LogP contribution in [0, 0.1) is 0 Å². The summed E-state index contributed by atoms with van der Waals surface area (Å²) >= 11 is 0. The minimum atomic E-state index is -0.0683. The fourth-order valence-electron chi connectivity index (χ4n) is 1.88. The predicted octanol–water partition coefficient (Wildman–Crippen LogP) is 1.19. The van der Waals surface area contributed by atoms with E-state index in [1.165, 1.54) is 0 Å². The number of hydrogen-bond acceptors (Lipinski definition) is 2. The first kappa shape index (κ1) is 8.23. The van der Waals surface area contributed by atoms with E-state index < -0.39 is 0 Å². The molecule has 0 spiro atoms. The molecule has 0 aliphatic heterocycles. The van der Waals surface area contributed by atoms with E-state index in [0.29, 0.717) is 5.65 Å². The van der Waals surface area contributed by atoms with E-state index in [9.17, 15) is 4.79 Å². The summed E-state index contributed by atoms with van der Waals surface area (Å²) in [6.45, 7) is 0. The number of imidazole rings is 1. The van der Waals surface area contributed by atoms with Crippen molar-refractivity contribution < 1.29 is 0 Å². The smallest absolute Gasteiger partial charge is 0.296 e. The summed E-state index contributed by atoms with van der Waals surface area (Å²) in [7, 11) is 1.77. The fourth-order valence-corrected chi connectivity index (χ4v) is 1.88. The van der Waals surface area contributed by atoms with Crippen LogP contribution in [0.2, 0.25) is 0 Å². The number of aryl methyl sites for hydroxylation is 1. The topological polar surface area (TPSA) is 39.3 Å². The Balaban J connectivity index is 2.77. The predicted molar refractivity (Wildman–Crippen MR) is 57.9 cm³/mol. The average molecular weight is 199 g/mol. The molecular formula is C11H9N3O. The van der Waals surface area contributed by atoms with Crippen LogP contribution >= 0.6 is 0 Å². The Morgan fingerprint density at radius 3 is 2.93 bits per heavy atom. The largest absolute Gasteiger partial charge is 0.334 e. The second-order valence-electron chi connectivity index (χ2n) is 3.48. The maximum Gasteiger partial charge on any atom is 0.334 e. The van der Waals surface area contributed by atoms with Gasteiger partial charge in [-0.25, -0.2) is 9.78 Å². The van der Waals surface area contributed by atoms with Crippen LogP contribution in [0.1, 0.15) is 0 Å². The van der Waals surface area contributed by atoms with E-state index in [1.54, 1.807) is 28.4 Å². The zero-order valence-corrected chi connectivity index (χ0v) is 8.21. The van der Waals surface area contributed by atoms with Crippen molar-refractivity contribution >= 4 is 16.6 Å². The Kier molecular flexibility index (Phi) is 1.48. The SMILES string of the molecule is Cn1c(=O)n2ccnc2c2ccccc21. The number of hydrogen-bond donors (Lipinski definition) is 0. The van der Waals surface area contributed by atoms with Gasteiger partial charge in [0, 0.05) is 24.8 Å². The third-order valence-electron chi connectivity index (χ3n) is 2.64. The standard InChI is InChI=1S/C11H9N3O/c1-13-9-5-3-2-4-8(9)10-12-6-7-14(10)11(13)15/h2-7H,1H3. The molecule has 0 N–H and O–H groups in total. The van der Waals surface area contributed by atoms with Crippen LogP contribution in [0.4, 0.5) is 0 Å². The van der Waals surface area contributed by atoms with Crippen molar-refractivity contribution in [3.8, 4) is 0 Å². The van der Waals surface area contributed by atoms with Crippen molar-refractivity contribution in [2.45, 2.75) is 0 Å². The van der Waals surface area contributed by atoms with E-state index in [-0.39, 0.29) is 5.69 Å². The summed E-state index contributed by atoms with van der Waals surface area (Å²) in [5.41, 5.74) is 1.55. The number of rotatable bonds is 0. The van der Waals surface area contributed by atoms with Crippen molar-refractivity contribution in [1.29, 1.82) is 0 Å². The second kappa shape index (κ2) is 2.70. The zero-order valence-electron chi connectivity index (χ0n) is 8.21. The molecule has 3 aromatic rings. The van der Waals surface area contributed by atoms with Gasteiger partial charge in [-0.3, -0.25) is 8.97 Å². The molecular weight excluding hydrogens is 190 g/mol. The van der Waals surface area contributed by atoms with Crippen molar-refractivity contribution in [3.05, 3.63) is 47.1 Å². The molecule has 0 saturated carbocycles. The third-order valence-corrected chi connectivity index (χ3v) is 2.64. The molecule has 2 aromatic heterocycles. The average Bonchev–Trinajstić information content (AvgIpc) is 2.75. The molecule has 0 aliphatic carbocycles. The van der Waals surface area contributed by atoms with Gasteiger partial charge in [-0.1, -0.05) is 12.1 Å². The first-order valence-corrected chi connectivity index (χ1v) is 4.70. The van der Waals surface area contributed by atoms with E-state index in [1.807, 2.05) is 24.3 Å². The van der Waals surface area contributed by atoms with Gasteiger partial charge in [-0.2, -0.15) is 0 Å². The molecule has 3 rings (SSSR count). The highest BCUT2D eigenvalue weighted by molar-refractivity contribution is 5.91. The number of fused-ring (bicyclic) bond motifs is 3.